The molecule has 2 fully saturated rings. The van der Waals surface area contributed by atoms with E-state index >= 15 is 0 Å². The third kappa shape index (κ3) is 9.51. The van der Waals surface area contributed by atoms with Crippen molar-refractivity contribution in [1.29, 1.82) is 0 Å². The van der Waals surface area contributed by atoms with Crippen LogP contribution in [0, 0.1) is 29.1 Å². The summed E-state index contributed by atoms with van der Waals surface area (Å²) in [6.45, 7) is 13.3. The van der Waals surface area contributed by atoms with E-state index in [2.05, 4.69) is 19.2 Å². The Morgan fingerprint density at radius 3 is 2.55 bits per heavy atom. The highest BCUT2D eigenvalue weighted by Gasteiger charge is 2.83. The smallest absolute Gasteiger partial charge is 0.309 e. The van der Waals surface area contributed by atoms with Crippen LogP contribution in [-0.2, 0) is 30.3 Å². The van der Waals surface area contributed by atoms with Gasteiger partial charge < -0.3 is 39.6 Å². The molecular weight excluding hydrogens is 650 g/mol. The lowest BCUT2D eigenvalue weighted by Crippen LogP contribution is -2.52. The Morgan fingerprint density at radius 2 is 1.92 bits per heavy atom. The molecule has 12 atom stereocenters. The summed E-state index contributed by atoms with van der Waals surface area (Å²) in [6, 6.07) is 7.64. The summed E-state index contributed by atoms with van der Waals surface area (Å²) in [5.41, 5.74) is -1.01. The number of methoxy groups -OCH3 is 2. The van der Waals surface area contributed by atoms with E-state index in [9.17, 15) is 24.9 Å². The Bertz CT molecular complexity index is 1450. The van der Waals surface area contributed by atoms with Crippen LogP contribution in [0.4, 0.5) is 0 Å². The first-order valence-electron chi connectivity index (χ1n) is 18.4. The number of hydrogen-bond acceptors (Lipinski definition) is 10. The molecule has 284 valence electrons. The zero-order chi connectivity index (χ0) is 37.7. The lowest BCUT2D eigenvalue weighted by molar-refractivity contribution is -0.157. The summed E-state index contributed by atoms with van der Waals surface area (Å²) in [6.07, 6.45) is 8.30. The van der Waals surface area contributed by atoms with Crippen LogP contribution in [0.1, 0.15) is 86.1 Å². The Labute approximate surface area is 304 Å². The number of benzene rings is 1. The van der Waals surface area contributed by atoms with Crippen LogP contribution < -0.4 is 10.1 Å². The molecular formula is C41H61NO9. The number of cyclic esters (lactones) is 1. The largest absolute Gasteiger partial charge is 0.496 e. The molecule has 3 aliphatic rings. The quantitative estimate of drug-likeness (QED) is 0.112. The van der Waals surface area contributed by atoms with E-state index in [-0.39, 0.29) is 42.7 Å². The number of allylic oxidation sites excluding steroid dienone is 2. The van der Waals surface area contributed by atoms with Crippen molar-refractivity contribution in [2.24, 2.45) is 29.1 Å². The molecule has 0 bridgehead atoms. The lowest BCUT2D eigenvalue weighted by Gasteiger charge is -2.37. The van der Waals surface area contributed by atoms with Gasteiger partial charge in [0.15, 0.2) is 0 Å². The topological polar surface area (TPSA) is 144 Å². The molecule has 2 aliphatic carbocycles. The van der Waals surface area contributed by atoms with Crippen LogP contribution in [0.25, 0.3) is 0 Å². The molecule has 10 nitrogen and oxygen atoms in total. The van der Waals surface area contributed by atoms with Gasteiger partial charge in [0, 0.05) is 38.1 Å². The second kappa shape index (κ2) is 16.8. The maximum atomic E-state index is 12.9. The normalized spacial score (nSPS) is 34.8. The summed E-state index contributed by atoms with van der Waals surface area (Å²) < 4.78 is 22.8. The molecule has 4 rings (SSSR count). The Kier molecular flexibility index (Phi) is 13.4. The molecule has 0 aromatic heterocycles. The van der Waals surface area contributed by atoms with Crippen LogP contribution in [0.2, 0.25) is 0 Å². The van der Waals surface area contributed by atoms with E-state index in [1.807, 2.05) is 63.3 Å². The Hall–Kier alpha value is -3.02. The number of esters is 2. The van der Waals surface area contributed by atoms with Crippen LogP contribution in [0.15, 0.2) is 60.2 Å². The van der Waals surface area contributed by atoms with Gasteiger partial charge in [-0.3, -0.25) is 9.59 Å². The van der Waals surface area contributed by atoms with Gasteiger partial charge in [0.05, 0.1) is 31.3 Å². The van der Waals surface area contributed by atoms with Gasteiger partial charge in [0.2, 0.25) is 0 Å². The average molecular weight is 712 g/mol. The summed E-state index contributed by atoms with van der Waals surface area (Å²) in [5.74, 6) is 0.631. The molecule has 0 spiro atoms. The first-order chi connectivity index (χ1) is 24.0. The number of nitrogens with one attached hydrogen (secondary N) is 1. The molecule has 0 saturated heterocycles. The highest BCUT2D eigenvalue weighted by molar-refractivity contribution is 5.70. The Balaban J connectivity index is 1.60. The number of carbonyl (C=O) groups is 2. The number of carbonyl (C=O) groups excluding carboxylic acids is 2. The number of fused-ring (bicyclic) bond motifs is 1. The SMILES string of the molecule is CC[C@H](OC)[C@@H](C)[C@H]1C2C[C@]21C(NCc1ccccc1OC)C(C)(O)/C=C/C=C(\C)[C@H]1OC(=O)C[C@H](O)CC[C@@](C)(O)[C@@H](OC(C)=O)/C=C/[C@@H]1C. The maximum absolute atomic E-state index is 12.9. The van der Waals surface area contributed by atoms with Gasteiger partial charge in [-0.15, -0.1) is 0 Å². The van der Waals surface area contributed by atoms with Crippen molar-refractivity contribution in [1.82, 2.24) is 5.32 Å². The first-order valence-corrected chi connectivity index (χ1v) is 18.4. The molecule has 51 heavy (non-hydrogen) atoms. The fourth-order valence-corrected chi connectivity index (χ4v) is 8.58. The molecule has 1 aliphatic heterocycles. The van der Waals surface area contributed by atoms with E-state index in [4.69, 9.17) is 18.9 Å². The van der Waals surface area contributed by atoms with Gasteiger partial charge >= 0.3 is 11.9 Å². The van der Waals surface area contributed by atoms with Crippen molar-refractivity contribution in [3.8, 4) is 5.75 Å². The summed E-state index contributed by atoms with van der Waals surface area (Å²) in [7, 11) is 3.43. The van der Waals surface area contributed by atoms with Gasteiger partial charge in [-0.2, -0.15) is 0 Å². The van der Waals surface area contributed by atoms with Crippen LogP contribution in [-0.4, -0.2) is 83.1 Å². The minimum Gasteiger partial charge on any atom is -0.496 e. The predicted molar refractivity (Wildman–Crippen MR) is 196 cm³/mol. The van der Waals surface area contributed by atoms with Crippen molar-refractivity contribution in [3.63, 3.8) is 0 Å². The fourth-order valence-electron chi connectivity index (χ4n) is 8.58. The monoisotopic (exact) mass is 711 g/mol. The molecule has 0 radical (unpaired) electrons. The molecule has 1 heterocycles. The standard InChI is InChI=1S/C41H61NO9/c1-10-32(48-8)27(4)36-31-23-41(31,36)38(42-24-29-15-11-12-16-33(29)49-9)40(7,47)20-13-14-25(2)37-26(3)17-18-34(50-28(5)43)39(6,46)21-19-30(44)22-35(45)51-37/h11-18,20,26-27,30-32,34,36-38,42,44,46-47H,10,19,21-24H2,1-9H3/b18-17+,20-13+,25-14+/t26-,27+,30+,31?,32-,34-,36-,37+,38?,39+,40?,41-/m0/s1. The minimum absolute atomic E-state index is 0.0527. The molecule has 2 saturated carbocycles. The van der Waals surface area contributed by atoms with Gasteiger partial charge in [0.1, 0.15) is 23.6 Å². The summed E-state index contributed by atoms with van der Waals surface area (Å²) in [5, 5.41) is 37.6. The van der Waals surface area contributed by atoms with E-state index in [0.717, 1.165) is 29.7 Å². The fraction of sp³-hybridized carbons (Fsp3) is 0.659. The zero-order valence-electron chi connectivity index (χ0n) is 31.9. The molecule has 1 aromatic carbocycles. The number of hydrogen-bond donors (Lipinski definition) is 4. The van der Waals surface area contributed by atoms with Gasteiger partial charge in [-0.25, -0.2) is 0 Å². The highest BCUT2D eigenvalue weighted by Crippen LogP contribution is 2.84. The van der Waals surface area contributed by atoms with E-state index in [0.29, 0.717) is 24.3 Å². The minimum atomic E-state index is -1.45. The van der Waals surface area contributed by atoms with Crippen LogP contribution in [0.3, 0.4) is 0 Å². The van der Waals surface area contributed by atoms with E-state index in [1.54, 1.807) is 33.3 Å². The van der Waals surface area contributed by atoms with E-state index in [1.165, 1.54) is 6.92 Å². The van der Waals surface area contributed by atoms with Crippen molar-refractivity contribution in [2.75, 3.05) is 14.2 Å². The van der Waals surface area contributed by atoms with Crippen molar-refractivity contribution >= 4 is 11.9 Å². The molecule has 1 aromatic rings. The second-order valence-electron chi connectivity index (χ2n) is 15.5. The molecule has 10 heteroatoms. The summed E-state index contributed by atoms with van der Waals surface area (Å²) >= 11 is 0. The molecule has 3 unspecified atom stereocenters. The van der Waals surface area contributed by atoms with Crippen molar-refractivity contribution in [2.45, 2.75) is 129 Å². The van der Waals surface area contributed by atoms with Gasteiger partial charge in [-0.1, -0.05) is 63.3 Å². The second-order valence-corrected chi connectivity index (χ2v) is 15.5. The number of aliphatic hydroxyl groups excluding tert-OH is 1. The van der Waals surface area contributed by atoms with Gasteiger partial charge in [0.25, 0.3) is 0 Å². The number of ether oxygens (including phenoxy) is 4. The van der Waals surface area contributed by atoms with Crippen LogP contribution in [0.5, 0.6) is 5.75 Å². The maximum Gasteiger partial charge on any atom is 0.309 e. The Morgan fingerprint density at radius 1 is 1.22 bits per heavy atom. The first kappa shape index (κ1) is 40.7. The van der Waals surface area contributed by atoms with Crippen LogP contribution >= 0.6 is 0 Å². The third-order valence-corrected chi connectivity index (χ3v) is 11.6. The zero-order valence-corrected chi connectivity index (χ0v) is 31.9. The van der Waals surface area contributed by atoms with Gasteiger partial charge in [-0.05, 0) is 87.3 Å². The van der Waals surface area contributed by atoms with E-state index < -0.39 is 41.5 Å². The number of para-hydroxylation sites is 1. The number of rotatable bonds is 14. The average Bonchev–Trinajstić information content (AvgIpc) is 3.95. The lowest BCUT2D eigenvalue weighted by atomic mass is 9.79. The molecule has 4 N–H and O–H groups in total. The summed E-state index contributed by atoms with van der Waals surface area (Å²) in [4.78, 5) is 24.8. The third-order valence-electron chi connectivity index (χ3n) is 11.6. The predicted octanol–water partition coefficient (Wildman–Crippen LogP) is 5.44. The van der Waals surface area contributed by atoms with Crippen molar-refractivity contribution < 1.29 is 43.9 Å². The number of aliphatic hydroxyl groups is 3. The highest BCUT2D eigenvalue weighted by atomic mass is 16.6. The van der Waals surface area contributed by atoms with Crippen molar-refractivity contribution in [3.05, 3.63) is 65.8 Å². The molecule has 0 amide bonds.